The smallest absolute Gasteiger partial charge is 0.326 e. The Morgan fingerprint density at radius 1 is 0.295 bits per heavy atom. The van der Waals surface area contributed by atoms with Crippen molar-refractivity contribution < 1.29 is 74.4 Å². The second-order valence-electron chi connectivity index (χ2n) is 21.4. The molecule has 0 fully saturated rings. The quantitative estimate of drug-likeness (QED) is 0.0280. The van der Waals surface area contributed by atoms with Crippen LogP contribution in [0.4, 0.5) is 0 Å². The molecule has 0 aliphatic rings. The Morgan fingerprint density at radius 2 is 0.466 bits per heavy atom. The number of allylic oxidation sites excluding steroid dienone is 1. The Hall–Kier alpha value is -10.8. The van der Waals surface area contributed by atoms with Crippen LogP contribution in [0.2, 0.25) is 0 Å². The summed E-state index contributed by atoms with van der Waals surface area (Å²) in [6.45, 7) is 3.53. The lowest BCUT2D eigenvalue weighted by atomic mass is 9.91. The lowest BCUT2D eigenvalue weighted by Gasteiger charge is -2.28. The molecule has 0 heterocycles. The number of carbonyl (C=O) groups excluding carboxylic acids is 6. The molecule has 0 saturated heterocycles. The average molecular weight is 1200 g/mol. The summed E-state index contributed by atoms with van der Waals surface area (Å²) in [7, 11) is 0. The fourth-order valence-electron chi connectivity index (χ4n) is 9.62. The molecule has 14 N–H and O–H groups in total. The number of rotatable bonds is 28. The van der Waals surface area contributed by atoms with Crippen LogP contribution in [0.15, 0.2) is 182 Å². The van der Waals surface area contributed by atoms with E-state index in [-0.39, 0.29) is 85.2 Å². The van der Waals surface area contributed by atoms with Crippen molar-refractivity contribution in [1.82, 2.24) is 31.9 Å². The van der Waals surface area contributed by atoms with Crippen LogP contribution in [0.25, 0.3) is 0 Å². The molecule has 0 aromatic heterocycles. The number of phenolic OH excluding ortho intramolecular Hbond substituents is 7. The van der Waals surface area contributed by atoms with E-state index in [2.05, 4.69) is 31.9 Å². The molecule has 6 amide bonds. The van der Waals surface area contributed by atoms with Crippen molar-refractivity contribution in [3.8, 4) is 40.2 Å². The summed E-state index contributed by atoms with van der Waals surface area (Å²) in [6, 6.07) is 31.8. The summed E-state index contributed by atoms with van der Waals surface area (Å²) in [6.07, 6.45) is 0.580. The second-order valence-corrected chi connectivity index (χ2v) is 21.4. The summed E-state index contributed by atoms with van der Waals surface area (Å²) < 4.78 is 0. The van der Waals surface area contributed by atoms with Gasteiger partial charge in [-0.3, -0.25) is 28.8 Å². The number of carbonyl (C=O) groups is 7. The van der Waals surface area contributed by atoms with Gasteiger partial charge in [-0.2, -0.15) is 0 Å². The zero-order valence-electron chi connectivity index (χ0n) is 48.2. The molecule has 7 atom stereocenters. The van der Waals surface area contributed by atoms with Gasteiger partial charge in [0.2, 0.25) is 35.4 Å². The average Bonchev–Trinajstić information content (AvgIpc) is 3.71. The predicted molar refractivity (Wildman–Crippen MR) is 325 cm³/mol. The van der Waals surface area contributed by atoms with Gasteiger partial charge in [-0.25, -0.2) is 4.79 Å². The van der Waals surface area contributed by atoms with E-state index in [0.717, 1.165) is 5.56 Å². The summed E-state index contributed by atoms with van der Waals surface area (Å²) in [5.74, 6) is -7.84. The van der Waals surface area contributed by atoms with Crippen molar-refractivity contribution in [2.75, 3.05) is 0 Å². The molecule has 0 saturated carbocycles. The lowest BCUT2D eigenvalue weighted by Crippen LogP contribution is -2.61. The third kappa shape index (κ3) is 19.6. The maximum atomic E-state index is 15.1. The van der Waals surface area contributed by atoms with Gasteiger partial charge in [-0.1, -0.05) is 96.6 Å². The monoisotopic (exact) mass is 1200 g/mol. The highest BCUT2D eigenvalue weighted by atomic mass is 16.4. The first kappa shape index (κ1) is 64.7. The third-order valence-electron chi connectivity index (χ3n) is 14.7. The molecule has 7 rings (SSSR count). The van der Waals surface area contributed by atoms with Gasteiger partial charge in [-0.05, 0) is 144 Å². The van der Waals surface area contributed by atoms with Crippen LogP contribution in [-0.4, -0.2) is 119 Å². The molecule has 0 aliphatic heterocycles. The Morgan fingerprint density at radius 3 is 0.659 bits per heavy atom. The molecule has 0 spiro atoms. The topological polar surface area (TPSA) is 354 Å². The zero-order valence-corrected chi connectivity index (χ0v) is 48.2. The normalized spacial score (nSPS) is 13.6. The fraction of sp³-hybridized carbons (Fsp3) is 0.239. The molecule has 7 unspecified atom stereocenters. The van der Waals surface area contributed by atoms with Crippen molar-refractivity contribution >= 4 is 41.4 Å². The minimum absolute atomic E-state index is 0.0315. The molecule has 7 aromatic rings. The largest absolute Gasteiger partial charge is 0.508 e. The number of hydrogen-bond acceptors (Lipinski definition) is 14. The minimum Gasteiger partial charge on any atom is -0.508 e. The number of amides is 6. The van der Waals surface area contributed by atoms with Crippen LogP contribution in [0.5, 0.6) is 40.2 Å². The Bertz CT molecular complexity index is 3550. The molecule has 0 bridgehead atoms. The van der Waals surface area contributed by atoms with E-state index < -0.39 is 83.6 Å². The van der Waals surface area contributed by atoms with Crippen molar-refractivity contribution in [2.45, 2.75) is 95.0 Å². The summed E-state index contributed by atoms with van der Waals surface area (Å²) in [5, 5.41) is 97.1. The van der Waals surface area contributed by atoms with Crippen LogP contribution in [0.1, 0.15) is 52.8 Å². The number of phenols is 7. The van der Waals surface area contributed by atoms with Crippen molar-refractivity contribution in [1.29, 1.82) is 0 Å². The van der Waals surface area contributed by atoms with Crippen LogP contribution in [-0.2, 0) is 78.5 Å². The van der Waals surface area contributed by atoms with E-state index in [4.69, 9.17) is 0 Å². The first-order valence-electron chi connectivity index (χ1n) is 28.2. The summed E-state index contributed by atoms with van der Waals surface area (Å²) in [5.41, 5.74) is 4.07. The third-order valence-corrected chi connectivity index (χ3v) is 14.7. The molecular formula is C67H70N6O15. The molecule has 21 heteroatoms. The van der Waals surface area contributed by atoms with Crippen molar-refractivity contribution in [2.24, 2.45) is 5.92 Å². The maximum Gasteiger partial charge on any atom is 0.326 e. The molecule has 21 nitrogen and oxygen atoms in total. The van der Waals surface area contributed by atoms with E-state index >= 15 is 9.59 Å². The van der Waals surface area contributed by atoms with Crippen LogP contribution < -0.4 is 31.9 Å². The van der Waals surface area contributed by atoms with E-state index in [1.807, 2.05) is 0 Å². The number of aromatic hydroxyl groups is 7. The number of carboxylic acid groups (broad SMARTS) is 1. The summed E-state index contributed by atoms with van der Waals surface area (Å²) in [4.78, 5) is 101. The SMILES string of the molecule is CC=C(C)C(Cc1ccc(O)cc1)C(=O)NC(Cc1ccc(O)cc1)C(=O)NC(Cc1ccc(O)cc1)C(=O)NC(Cc1ccc(O)cc1)C(=O)NC(Cc1ccc(O)cc1)C(=O)NC(Cc1ccc(O)cc1)C(=O)NC(Cc1ccc(O)cc1)C(=O)O. The Kier molecular flexibility index (Phi) is 22.7. The van der Waals surface area contributed by atoms with Gasteiger partial charge >= 0.3 is 5.97 Å². The van der Waals surface area contributed by atoms with Crippen LogP contribution >= 0.6 is 0 Å². The summed E-state index contributed by atoms with van der Waals surface area (Å²) >= 11 is 0. The molecule has 88 heavy (non-hydrogen) atoms. The van der Waals surface area contributed by atoms with Crippen molar-refractivity contribution in [3.63, 3.8) is 0 Å². The first-order valence-corrected chi connectivity index (χ1v) is 28.2. The lowest BCUT2D eigenvalue weighted by molar-refractivity contribution is -0.142. The van der Waals surface area contributed by atoms with Crippen LogP contribution in [0.3, 0.4) is 0 Å². The van der Waals surface area contributed by atoms with Crippen LogP contribution in [0, 0.1) is 5.92 Å². The van der Waals surface area contributed by atoms with Gasteiger partial charge in [0.1, 0.15) is 76.5 Å². The number of hydrogen-bond donors (Lipinski definition) is 14. The number of aliphatic carboxylic acids is 1. The fourth-order valence-corrected chi connectivity index (χ4v) is 9.62. The van der Waals surface area contributed by atoms with Gasteiger partial charge in [-0.15, -0.1) is 0 Å². The Balaban J connectivity index is 1.21. The van der Waals surface area contributed by atoms with Gasteiger partial charge in [0.15, 0.2) is 0 Å². The van der Waals surface area contributed by atoms with Crippen molar-refractivity contribution in [3.05, 3.63) is 220 Å². The maximum absolute atomic E-state index is 15.1. The highest BCUT2D eigenvalue weighted by Gasteiger charge is 2.35. The highest BCUT2D eigenvalue weighted by Crippen LogP contribution is 2.23. The first-order chi connectivity index (χ1) is 42.1. The molecule has 458 valence electrons. The predicted octanol–water partition coefficient (Wildman–Crippen LogP) is 5.20. The van der Waals surface area contributed by atoms with E-state index in [0.29, 0.717) is 39.0 Å². The highest BCUT2D eigenvalue weighted by molar-refractivity contribution is 5.97. The molecule has 0 radical (unpaired) electrons. The zero-order chi connectivity index (χ0) is 63.4. The second kappa shape index (κ2) is 30.8. The molecular weight excluding hydrogens is 1130 g/mol. The van der Waals surface area contributed by atoms with E-state index in [1.165, 1.54) is 146 Å². The van der Waals surface area contributed by atoms with Gasteiger partial charge in [0, 0.05) is 38.5 Å². The number of carboxylic acids is 1. The van der Waals surface area contributed by atoms with Gasteiger partial charge in [0.05, 0.1) is 5.92 Å². The van der Waals surface area contributed by atoms with E-state index in [1.54, 1.807) is 44.2 Å². The standard InChI is InChI=1S/C67H70N6O15/c1-3-39(2)54(32-40-4-18-47(74)19-5-40)61(81)68-55(33-41-6-20-48(75)21-7-41)62(82)69-56(34-42-8-22-49(76)23-9-42)63(83)70-57(35-43-10-24-50(77)25-11-43)64(84)71-58(36-44-12-26-51(78)27-13-44)65(85)72-59(37-45-14-28-52(79)29-15-45)66(86)73-60(67(87)88)38-46-16-30-53(80)31-17-46/h3-31,54-60,74-80H,32-38H2,1-2H3,(H,68,81)(H,69,82)(H,70,83)(H,71,84)(H,72,85)(H,73,86)(H,87,88). The Labute approximate surface area is 507 Å². The molecule has 0 aliphatic carbocycles. The molecule has 7 aromatic carbocycles. The number of benzene rings is 7. The van der Waals surface area contributed by atoms with Gasteiger partial charge < -0.3 is 72.8 Å². The number of nitrogens with one attached hydrogen (secondary N) is 6. The minimum atomic E-state index is -1.57. The van der Waals surface area contributed by atoms with E-state index in [9.17, 15) is 64.8 Å². The van der Waals surface area contributed by atoms with Gasteiger partial charge in [0.25, 0.3) is 0 Å².